The maximum atomic E-state index is 13.8. The number of nitrogens with one attached hydrogen (secondary N) is 1. The van der Waals surface area contributed by atoms with Crippen LogP contribution in [0.5, 0.6) is 0 Å². The number of nitrogens with zero attached hydrogens (tertiary/aromatic N) is 1. The van der Waals surface area contributed by atoms with E-state index in [0.29, 0.717) is 11.0 Å². The fourth-order valence-corrected chi connectivity index (χ4v) is 2.37. The Kier molecular flexibility index (Phi) is 6.49. The molecule has 1 aromatic carbocycles. The molecule has 0 unspecified atom stereocenters. The van der Waals surface area contributed by atoms with E-state index in [1.807, 2.05) is 0 Å². The minimum Gasteiger partial charge on any atom is -0.315 e. The molecular formula is C12H16BrClF2N2. The third kappa shape index (κ3) is 3.88. The van der Waals surface area contributed by atoms with Gasteiger partial charge in [0.05, 0.1) is 4.47 Å². The van der Waals surface area contributed by atoms with Crippen LogP contribution in [0.15, 0.2) is 16.6 Å². The molecule has 0 aliphatic carbocycles. The Morgan fingerprint density at radius 1 is 1.22 bits per heavy atom. The summed E-state index contributed by atoms with van der Waals surface area (Å²) in [6, 6.07) is 2.71. The lowest BCUT2D eigenvalue weighted by molar-refractivity contribution is 0.275. The first-order chi connectivity index (χ1) is 8.18. The van der Waals surface area contributed by atoms with E-state index in [0.717, 1.165) is 32.6 Å². The number of rotatable bonds is 2. The van der Waals surface area contributed by atoms with Crippen molar-refractivity contribution in [3.63, 3.8) is 0 Å². The summed E-state index contributed by atoms with van der Waals surface area (Å²) in [4.78, 5) is 2.08. The lowest BCUT2D eigenvalue weighted by Crippen LogP contribution is -2.28. The molecule has 0 aromatic heterocycles. The van der Waals surface area contributed by atoms with E-state index in [4.69, 9.17) is 0 Å². The molecule has 1 heterocycles. The predicted molar refractivity (Wildman–Crippen MR) is 74.1 cm³/mol. The molecule has 1 fully saturated rings. The molecule has 1 aliphatic rings. The molecule has 0 atom stereocenters. The van der Waals surface area contributed by atoms with Crippen LogP contribution in [-0.2, 0) is 6.54 Å². The average molecular weight is 342 g/mol. The first-order valence-electron chi connectivity index (χ1n) is 5.74. The molecule has 2 nitrogen and oxygen atoms in total. The van der Waals surface area contributed by atoms with Crippen LogP contribution in [0.3, 0.4) is 0 Å². The van der Waals surface area contributed by atoms with E-state index in [2.05, 4.69) is 26.1 Å². The largest absolute Gasteiger partial charge is 0.315 e. The Morgan fingerprint density at radius 2 is 2.00 bits per heavy atom. The Morgan fingerprint density at radius 3 is 2.78 bits per heavy atom. The van der Waals surface area contributed by atoms with Crippen molar-refractivity contribution in [2.45, 2.75) is 13.0 Å². The second-order valence-electron chi connectivity index (χ2n) is 4.20. The molecule has 0 amide bonds. The Bertz CT molecular complexity index is 396. The Hall–Kier alpha value is -0.230. The molecule has 18 heavy (non-hydrogen) atoms. The van der Waals surface area contributed by atoms with Gasteiger partial charge in [-0.1, -0.05) is 0 Å². The second-order valence-corrected chi connectivity index (χ2v) is 5.06. The van der Waals surface area contributed by atoms with Gasteiger partial charge in [0.2, 0.25) is 0 Å². The van der Waals surface area contributed by atoms with Gasteiger partial charge in [-0.25, -0.2) is 8.78 Å². The number of hydrogen-bond donors (Lipinski definition) is 1. The maximum Gasteiger partial charge on any atom is 0.144 e. The monoisotopic (exact) mass is 340 g/mol. The molecule has 2 rings (SSSR count). The van der Waals surface area contributed by atoms with E-state index in [-0.39, 0.29) is 18.0 Å². The molecule has 0 saturated carbocycles. The van der Waals surface area contributed by atoms with Crippen LogP contribution in [0.1, 0.15) is 12.0 Å². The summed E-state index contributed by atoms with van der Waals surface area (Å²) < 4.78 is 27.7. The molecule has 1 saturated heterocycles. The van der Waals surface area contributed by atoms with Crippen LogP contribution in [0.4, 0.5) is 8.78 Å². The zero-order chi connectivity index (χ0) is 12.3. The van der Waals surface area contributed by atoms with E-state index in [9.17, 15) is 8.78 Å². The highest BCUT2D eigenvalue weighted by atomic mass is 79.9. The third-order valence-electron chi connectivity index (χ3n) is 2.95. The Balaban J connectivity index is 0.00000162. The molecule has 0 bridgehead atoms. The van der Waals surface area contributed by atoms with Crippen LogP contribution in [0, 0.1) is 11.6 Å². The molecule has 102 valence electrons. The van der Waals surface area contributed by atoms with Gasteiger partial charge < -0.3 is 5.32 Å². The van der Waals surface area contributed by atoms with Gasteiger partial charge in [-0.2, -0.15) is 0 Å². The second kappa shape index (κ2) is 7.38. The van der Waals surface area contributed by atoms with E-state index in [1.165, 1.54) is 12.1 Å². The first kappa shape index (κ1) is 15.8. The lowest BCUT2D eigenvalue weighted by atomic mass is 10.2. The maximum absolute atomic E-state index is 13.8. The SMILES string of the molecule is Cl.Fc1ccc(Br)c(F)c1CN1CCCNCC1. The lowest BCUT2D eigenvalue weighted by Gasteiger charge is -2.20. The van der Waals surface area contributed by atoms with E-state index >= 15 is 0 Å². The molecule has 1 aliphatic heterocycles. The third-order valence-corrected chi connectivity index (χ3v) is 3.57. The van der Waals surface area contributed by atoms with Gasteiger partial charge in [-0.15, -0.1) is 12.4 Å². The molecule has 1 aromatic rings. The topological polar surface area (TPSA) is 15.3 Å². The van der Waals surface area contributed by atoms with Crippen molar-refractivity contribution in [1.82, 2.24) is 10.2 Å². The Labute approximate surface area is 120 Å². The van der Waals surface area contributed by atoms with Gasteiger partial charge in [-0.05, 0) is 47.6 Å². The predicted octanol–water partition coefficient (Wildman–Crippen LogP) is 2.94. The van der Waals surface area contributed by atoms with Crippen molar-refractivity contribution in [3.05, 3.63) is 33.8 Å². The van der Waals surface area contributed by atoms with E-state index in [1.54, 1.807) is 0 Å². The average Bonchev–Trinajstić information content (AvgIpc) is 2.58. The number of hydrogen-bond acceptors (Lipinski definition) is 2. The fraction of sp³-hybridized carbons (Fsp3) is 0.500. The van der Waals surface area contributed by atoms with Crippen molar-refractivity contribution in [2.75, 3.05) is 26.2 Å². The highest BCUT2D eigenvalue weighted by Gasteiger charge is 2.16. The van der Waals surface area contributed by atoms with Crippen molar-refractivity contribution in [1.29, 1.82) is 0 Å². The zero-order valence-corrected chi connectivity index (χ0v) is 12.3. The highest BCUT2D eigenvalue weighted by molar-refractivity contribution is 9.10. The number of halogens is 4. The minimum atomic E-state index is -0.484. The normalized spacial score (nSPS) is 17.1. The summed E-state index contributed by atoms with van der Waals surface area (Å²) in [6.45, 7) is 3.87. The quantitative estimate of drug-likeness (QED) is 0.832. The van der Waals surface area contributed by atoms with Gasteiger partial charge in [0, 0.05) is 25.2 Å². The first-order valence-corrected chi connectivity index (χ1v) is 6.53. The highest BCUT2D eigenvalue weighted by Crippen LogP contribution is 2.23. The van der Waals surface area contributed by atoms with Gasteiger partial charge in [-0.3, -0.25) is 4.90 Å². The van der Waals surface area contributed by atoms with Gasteiger partial charge in [0.15, 0.2) is 0 Å². The molecular weight excluding hydrogens is 325 g/mol. The van der Waals surface area contributed by atoms with Crippen LogP contribution in [-0.4, -0.2) is 31.1 Å². The van der Waals surface area contributed by atoms with Gasteiger partial charge in [0.1, 0.15) is 11.6 Å². The van der Waals surface area contributed by atoms with Crippen molar-refractivity contribution in [3.8, 4) is 0 Å². The fourth-order valence-electron chi connectivity index (χ4n) is 2.00. The van der Waals surface area contributed by atoms with Crippen LogP contribution < -0.4 is 5.32 Å². The summed E-state index contributed by atoms with van der Waals surface area (Å²) in [5, 5.41) is 3.27. The molecule has 0 radical (unpaired) electrons. The summed E-state index contributed by atoms with van der Waals surface area (Å²) in [7, 11) is 0. The van der Waals surface area contributed by atoms with Crippen LogP contribution in [0.2, 0.25) is 0 Å². The molecule has 0 spiro atoms. The van der Waals surface area contributed by atoms with Gasteiger partial charge in [0.25, 0.3) is 0 Å². The van der Waals surface area contributed by atoms with Gasteiger partial charge >= 0.3 is 0 Å². The summed E-state index contributed by atoms with van der Waals surface area (Å²) in [5.41, 5.74) is 0.154. The van der Waals surface area contributed by atoms with Crippen molar-refractivity contribution < 1.29 is 8.78 Å². The number of benzene rings is 1. The smallest absolute Gasteiger partial charge is 0.144 e. The summed E-state index contributed by atoms with van der Waals surface area (Å²) >= 11 is 3.09. The summed E-state index contributed by atoms with van der Waals surface area (Å²) in [5.74, 6) is -0.954. The van der Waals surface area contributed by atoms with Crippen LogP contribution in [0.25, 0.3) is 0 Å². The van der Waals surface area contributed by atoms with Crippen LogP contribution >= 0.6 is 28.3 Å². The standard InChI is InChI=1S/C12H15BrF2N2.ClH/c13-10-2-3-11(14)9(12(10)15)8-17-6-1-4-16-5-7-17;/h2-3,16H,1,4-8H2;1H. The van der Waals surface area contributed by atoms with Crippen molar-refractivity contribution >= 4 is 28.3 Å². The van der Waals surface area contributed by atoms with Crippen molar-refractivity contribution in [2.24, 2.45) is 0 Å². The summed E-state index contributed by atoms with van der Waals surface area (Å²) in [6.07, 6.45) is 1.01. The molecule has 1 N–H and O–H groups in total. The zero-order valence-electron chi connectivity index (χ0n) is 9.89. The molecule has 6 heteroatoms. The minimum absolute atomic E-state index is 0. The van der Waals surface area contributed by atoms with E-state index < -0.39 is 11.6 Å².